The smallest absolute Gasteiger partial charge is 0.130 e. The molecule has 0 amide bonds. The third-order valence-corrected chi connectivity index (χ3v) is 2.33. The maximum absolute atomic E-state index is 13.4. The van der Waals surface area contributed by atoms with Gasteiger partial charge in [0.2, 0.25) is 0 Å². The maximum atomic E-state index is 13.4. The fourth-order valence-corrected chi connectivity index (χ4v) is 1.52. The molecule has 2 nitrogen and oxygen atoms in total. The zero-order valence-corrected chi connectivity index (χ0v) is 9.59. The maximum Gasteiger partial charge on any atom is 0.130 e. The lowest BCUT2D eigenvalue weighted by atomic mass is 10.1. The lowest BCUT2D eigenvalue weighted by Crippen LogP contribution is -2.24. The van der Waals surface area contributed by atoms with Crippen LogP contribution < -0.4 is 5.32 Å². The Balaban J connectivity index is 2.55. The summed E-state index contributed by atoms with van der Waals surface area (Å²) < 4.78 is 31.9. The van der Waals surface area contributed by atoms with Gasteiger partial charge in [0.15, 0.2) is 0 Å². The van der Waals surface area contributed by atoms with Crippen molar-refractivity contribution in [3.05, 3.63) is 35.4 Å². The van der Waals surface area contributed by atoms with Gasteiger partial charge in [-0.1, -0.05) is 6.07 Å². The average Bonchev–Trinajstić information content (AvgIpc) is 2.24. The summed E-state index contributed by atoms with van der Waals surface area (Å²) in [5, 5.41) is 3.01. The van der Waals surface area contributed by atoms with Crippen LogP contribution in [0.3, 0.4) is 0 Å². The number of halogens is 2. The van der Waals surface area contributed by atoms with Gasteiger partial charge < -0.3 is 10.1 Å². The first kappa shape index (κ1) is 13.1. The van der Waals surface area contributed by atoms with Crippen LogP contribution in [0.5, 0.6) is 0 Å². The highest BCUT2D eigenvalue weighted by molar-refractivity contribution is 5.22. The number of ether oxygens (including phenoxy) is 1. The van der Waals surface area contributed by atoms with Crippen LogP contribution in [0, 0.1) is 11.6 Å². The highest BCUT2D eigenvalue weighted by Gasteiger charge is 2.14. The second-order valence-electron chi connectivity index (χ2n) is 3.51. The first-order valence-corrected chi connectivity index (χ1v) is 5.41. The van der Waals surface area contributed by atoms with Gasteiger partial charge in [-0.2, -0.15) is 0 Å². The Morgan fingerprint density at radius 2 is 1.94 bits per heavy atom. The molecule has 1 aromatic rings. The Hall–Kier alpha value is -1.00. The van der Waals surface area contributed by atoms with Crippen LogP contribution in [0.2, 0.25) is 0 Å². The molecule has 90 valence electrons. The molecular formula is C12H17F2NO. The van der Waals surface area contributed by atoms with E-state index in [9.17, 15) is 8.78 Å². The second kappa shape index (κ2) is 6.55. The molecule has 1 N–H and O–H groups in total. The standard InChI is InChI=1S/C12H17F2NO/c1-3-16-8-7-15-9(2)12-10(13)5-4-6-11(12)14/h4-6,9,15H,3,7-8H2,1-2H3. The van der Waals surface area contributed by atoms with Crippen molar-refractivity contribution in [2.75, 3.05) is 19.8 Å². The topological polar surface area (TPSA) is 21.3 Å². The van der Waals surface area contributed by atoms with Crippen molar-refractivity contribution in [3.8, 4) is 0 Å². The van der Waals surface area contributed by atoms with Gasteiger partial charge in [-0.25, -0.2) is 8.78 Å². The van der Waals surface area contributed by atoms with E-state index in [1.54, 1.807) is 6.92 Å². The van der Waals surface area contributed by atoms with E-state index >= 15 is 0 Å². The van der Waals surface area contributed by atoms with Crippen LogP contribution in [0.25, 0.3) is 0 Å². The minimum absolute atomic E-state index is 0.0824. The zero-order valence-electron chi connectivity index (χ0n) is 9.59. The van der Waals surface area contributed by atoms with Gasteiger partial charge in [-0.15, -0.1) is 0 Å². The summed E-state index contributed by atoms with van der Waals surface area (Å²) in [5.41, 5.74) is 0.0824. The molecule has 0 saturated carbocycles. The van der Waals surface area contributed by atoms with Crippen molar-refractivity contribution in [1.82, 2.24) is 5.32 Å². The quantitative estimate of drug-likeness (QED) is 0.757. The number of hydrogen-bond donors (Lipinski definition) is 1. The Morgan fingerprint density at radius 1 is 1.31 bits per heavy atom. The molecule has 0 radical (unpaired) electrons. The molecule has 0 aliphatic carbocycles. The SMILES string of the molecule is CCOCCNC(C)c1c(F)cccc1F. The number of rotatable bonds is 6. The van der Waals surface area contributed by atoms with Gasteiger partial charge >= 0.3 is 0 Å². The third kappa shape index (κ3) is 3.54. The van der Waals surface area contributed by atoms with E-state index in [0.29, 0.717) is 19.8 Å². The predicted octanol–water partition coefficient (Wildman–Crippen LogP) is 2.65. The van der Waals surface area contributed by atoms with E-state index in [1.807, 2.05) is 6.92 Å². The number of benzene rings is 1. The molecule has 0 aliphatic rings. The molecule has 1 aromatic carbocycles. The molecule has 1 atom stereocenters. The van der Waals surface area contributed by atoms with Crippen molar-refractivity contribution in [1.29, 1.82) is 0 Å². The summed E-state index contributed by atoms with van der Waals surface area (Å²) in [5.74, 6) is -1.03. The highest BCUT2D eigenvalue weighted by atomic mass is 19.1. The van der Waals surface area contributed by atoms with Gasteiger partial charge in [0.05, 0.1) is 6.61 Å². The summed E-state index contributed by atoms with van der Waals surface area (Å²) in [7, 11) is 0. The summed E-state index contributed by atoms with van der Waals surface area (Å²) in [4.78, 5) is 0. The lowest BCUT2D eigenvalue weighted by Gasteiger charge is -2.15. The summed E-state index contributed by atoms with van der Waals surface area (Å²) in [6, 6.07) is 3.53. The van der Waals surface area contributed by atoms with E-state index in [-0.39, 0.29) is 11.6 Å². The van der Waals surface area contributed by atoms with Gasteiger partial charge in [0.25, 0.3) is 0 Å². The monoisotopic (exact) mass is 229 g/mol. The van der Waals surface area contributed by atoms with E-state index in [1.165, 1.54) is 18.2 Å². The molecule has 0 fully saturated rings. The van der Waals surface area contributed by atoms with Gasteiger partial charge in [0, 0.05) is 24.8 Å². The Labute approximate surface area is 94.6 Å². The fourth-order valence-electron chi connectivity index (χ4n) is 1.52. The molecule has 1 rings (SSSR count). The third-order valence-electron chi connectivity index (χ3n) is 2.33. The predicted molar refractivity (Wildman–Crippen MR) is 59.3 cm³/mol. The van der Waals surface area contributed by atoms with Crippen LogP contribution in [0.4, 0.5) is 8.78 Å². The van der Waals surface area contributed by atoms with E-state index in [2.05, 4.69) is 5.32 Å². The Morgan fingerprint density at radius 3 is 2.50 bits per heavy atom. The number of nitrogens with one attached hydrogen (secondary N) is 1. The number of hydrogen-bond acceptors (Lipinski definition) is 2. The first-order chi connectivity index (χ1) is 7.66. The van der Waals surface area contributed by atoms with Crippen LogP contribution in [-0.2, 0) is 4.74 Å². The van der Waals surface area contributed by atoms with Gasteiger partial charge in [-0.05, 0) is 26.0 Å². The molecule has 0 aromatic heterocycles. The van der Waals surface area contributed by atoms with Crippen LogP contribution in [0.15, 0.2) is 18.2 Å². The van der Waals surface area contributed by atoms with E-state index < -0.39 is 11.6 Å². The van der Waals surface area contributed by atoms with Gasteiger partial charge in [0.1, 0.15) is 11.6 Å². The molecule has 0 aliphatic heterocycles. The van der Waals surface area contributed by atoms with Crippen molar-refractivity contribution < 1.29 is 13.5 Å². The second-order valence-corrected chi connectivity index (χ2v) is 3.51. The molecule has 1 unspecified atom stereocenters. The van der Waals surface area contributed by atoms with Crippen LogP contribution >= 0.6 is 0 Å². The lowest BCUT2D eigenvalue weighted by molar-refractivity contribution is 0.147. The van der Waals surface area contributed by atoms with Crippen LogP contribution in [-0.4, -0.2) is 19.8 Å². The van der Waals surface area contributed by atoms with Crippen molar-refractivity contribution in [3.63, 3.8) is 0 Å². The Kier molecular flexibility index (Phi) is 5.35. The zero-order chi connectivity index (χ0) is 12.0. The van der Waals surface area contributed by atoms with Crippen molar-refractivity contribution in [2.24, 2.45) is 0 Å². The summed E-state index contributed by atoms with van der Waals surface area (Å²) in [6.45, 7) is 5.39. The van der Waals surface area contributed by atoms with Crippen molar-refractivity contribution >= 4 is 0 Å². The molecule has 0 heterocycles. The largest absolute Gasteiger partial charge is 0.380 e. The summed E-state index contributed by atoms with van der Waals surface area (Å²) in [6.07, 6.45) is 0. The van der Waals surface area contributed by atoms with Gasteiger partial charge in [-0.3, -0.25) is 0 Å². The first-order valence-electron chi connectivity index (χ1n) is 5.41. The fraction of sp³-hybridized carbons (Fsp3) is 0.500. The molecule has 0 bridgehead atoms. The molecule has 0 saturated heterocycles. The highest BCUT2D eigenvalue weighted by Crippen LogP contribution is 2.19. The molecular weight excluding hydrogens is 212 g/mol. The van der Waals surface area contributed by atoms with Crippen LogP contribution in [0.1, 0.15) is 25.5 Å². The van der Waals surface area contributed by atoms with Crippen molar-refractivity contribution in [2.45, 2.75) is 19.9 Å². The average molecular weight is 229 g/mol. The van der Waals surface area contributed by atoms with E-state index in [0.717, 1.165) is 0 Å². The molecule has 16 heavy (non-hydrogen) atoms. The summed E-state index contributed by atoms with van der Waals surface area (Å²) >= 11 is 0. The van der Waals surface area contributed by atoms with E-state index in [4.69, 9.17) is 4.74 Å². The minimum atomic E-state index is -0.517. The molecule has 4 heteroatoms. The normalized spacial score (nSPS) is 12.8. The minimum Gasteiger partial charge on any atom is -0.380 e. The Bertz CT molecular complexity index is 311. The molecule has 0 spiro atoms.